The van der Waals surface area contributed by atoms with E-state index in [1.807, 2.05) is 0 Å². The van der Waals surface area contributed by atoms with E-state index < -0.39 is 17.8 Å². The maximum Gasteiger partial charge on any atom is 0.138 e. The fraction of sp³-hybridized carbons (Fsp3) is 0.967. The average Bonchev–Trinajstić information content (AvgIpc) is 3.32. The van der Waals surface area contributed by atoms with E-state index >= 15 is 0 Å². The van der Waals surface area contributed by atoms with E-state index in [-0.39, 0.29) is 10.8 Å². The summed E-state index contributed by atoms with van der Waals surface area (Å²) in [7, 11) is 0. The first kappa shape index (κ1) is 25.2. The third-order valence-corrected chi connectivity index (χ3v) is 13.3. The molecule has 0 aliphatic heterocycles. The smallest absolute Gasteiger partial charge is 0.138 e. The lowest BCUT2D eigenvalue weighted by molar-refractivity contribution is -0.158. The van der Waals surface area contributed by atoms with Crippen LogP contribution < -0.4 is 0 Å². The molecule has 2 spiro atoms. The van der Waals surface area contributed by atoms with E-state index in [2.05, 4.69) is 34.6 Å². The molecule has 0 bridgehead atoms. The molecule has 5 fully saturated rings. The van der Waals surface area contributed by atoms with Crippen LogP contribution in [0.5, 0.6) is 0 Å². The van der Waals surface area contributed by atoms with Crippen LogP contribution in [0, 0.1) is 50.7 Å². The van der Waals surface area contributed by atoms with Crippen molar-refractivity contribution < 1.29 is 20.1 Å². The molecular weight excluding hydrogens is 424 g/mol. The van der Waals surface area contributed by atoms with Gasteiger partial charge in [0.05, 0.1) is 11.7 Å². The molecule has 34 heavy (non-hydrogen) atoms. The molecule has 4 nitrogen and oxygen atoms in total. The first-order chi connectivity index (χ1) is 15.6. The third kappa shape index (κ3) is 2.97. The Bertz CT molecular complexity index is 858. The van der Waals surface area contributed by atoms with Gasteiger partial charge in [-0.1, -0.05) is 34.6 Å². The summed E-state index contributed by atoms with van der Waals surface area (Å²) < 4.78 is 0. The largest absolute Gasteiger partial charge is 0.390 e. The van der Waals surface area contributed by atoms with Gasteiger partial charge in [-0.25, -0.2) is 0 Å². The van der Waals surface area contributed by atoms with Crippen LogP contribution in [0.1, 0.15) is 113 Å². The fourth-order valence-corrected chi connectivity index (χ4v) is 11.3. The summed E-state index contributed by atoms with van der Waals surface area (Å²) >= 11 is 0. The molecule has 0 aromatic carbocycles. The molecule has 5 aliphatic carbocycles. The number of aliphatic hydroxyl groups is 3. The Morgan fingerprint density at radius 3 is 2.18 bits per heavy atom. The van der Waals surface area contributed by atoms with Crippen LogP contribution in [0.3, 0.4) is 0 Å². The van der Waals surface area contributed by atoms with Gasteiger partial charge in [-0.05, 0) is 117 Å². The van der Waals surface area contributed by atoms with Gasteiger partial charge in [-0.3, -0.25) is 4.79 Å². The number of hydrogen-bond acceptors (Lipinski definition) is 4. The zero-order chi connectivity index (χ0) is 25.1. The van der Waals surface area contributed by atoms with Gasteiger partial charge < -0.3 is 15.3 Å². The Morgan fingerprint density at radius 2 is 1.53 bits per heavy atom. The second-order valence-electron chi connectivity index (χ2n) is 15.2. The second kappa shape index (κ2) is 7.32. The summed E-state index contributed by atoms with van der Waals surface area (Å²) in [6, 6.07) is 0. The van der Waals surface area contributed by atoms with E-state index in [0.29, 0.717) is 46.2 Å². The number of aliphatic hydroxyl groups excluding tert-OH is 2. The van der Waals surface area contributed by atoms with Crippen molar-refractivity contribution in [2.45, 2.75) is 130 Å². The molecule has 10 atom stereocenters. The number of carbonyl (C=O) groups excluding carboxylic acids is 1. The average molecular weight is 475 g/mol. The molecule has 0 aromatic rings. The second-order valence-corrected chi connectivity index (χ2v) is 15.2. The Balaban J connectivity index is 1.38. The minimum Gasteiger partial charge on any atom is -0.390 e. The number of carbonyl (C=O) groups is 1. The standard InChI is InChI=1S/C30H50O4/c1-18(16-20(31)24(33)26(4,5)34)19-10-12-28(7)22-9-8-21-25(2,3)23(32)11-13-29(21)17-30(22,29)15-14-27(19,28)6/h18-22,24,31,33-34H,8-17H2,1-7H3/t18-,19-,20-,21+,22+,24+,27-,28+,29-,30+/m1/s1. The number of Topliss-reactive ketones (excluding diaryl/α,β-unsaturated/α-hetero) is 1. The van der Waals surface area contributed by atoms with Crippen LogP contribution in [-0.2, 0) is 4.79 Å². The van der Waals surface area contributed by atoms with Crippen molar-refractivity contribution in [2.75, 3.05) is 0 Å². The van der Waals surface area contributed by atoms with Crippen molar-refractivity contribution >= 4 is 5.78 Å². The quantitative estimate of drug-likeness (QED) is 0.491. The van der Waals surface area contributed by atoms with Crippen molar-refractivity contribution in [3.05, 3.63) is 0 Å². The Labute approximate surface area is 207 Å². The summed E-state index contributed by atoms with van der Waals surface area (Å²) in [5, 5.41) is 31.4. The zero-order valence-corrected chi connectivity index (χ0v) is 22.8. The lowest BCUT2D eigenvalue weighted by Crippen LogP contribution is -2.57. The molecular formula is C30H50O4. The number of rotatable bonds is 5. The lowest BCUT2D eigenvalue weighted by atomic mass is 9.42. The maximum atomic E-state index is 12.8. The van der Waals surface area contributed by atoms with Crippen LogP contribution in [-0.4, -0.2) is 38.9 Å². The molecule has 4 heteroatoms. The number of ketones is 1. The van der Waals surface area contributed by atoms with Gasteiger partial charge in [-0.15, -0.1) is 0 Å². The predicted molar refractivity (Wildman–Crippen MR) is 134 cm³/mol. The van der Waals surface area contributed by atoms with E-state index in [9.17, 15) is 20.1 Å². The van der Waals surface area contributed by atoms with Gasteiger partial charge in [0.15, 0.2) is 0 Å². The molecule has 0 aromatic heterocycles. The first-order valence-electron chi connectivity index (χ1n) is 14.2. The molecule has 0 radical (unpaired) electrons. The lowest BCUT2D eigenvalue weighted by Gasteiger charge is -2.62. The summed E-state index contributed by atoms with van der Waals surface area (Å²) in [6.07, 6.45) is 9.30. The molecule has 5 rings (SSSR count). The topological polar surface area (TPSA) is 77.8 Å². The van der Waals surface area contributed by atoms with Gasteiger partial charge in [0.25, 0.3) is 0 Å². The Kier molecular flexibility index (Phi) is 5.42. The normalized spacial score (nSPS) is 49.8. The molecule has 3 N–H and O–H groups in total. The molecule has 0 amide bonds. The van der Waals surface area contributed by atoms with Crippen molar-refractivity contribution in [3.63, 3.8) is 0 Å². The van der Waals surface area contributed by atoms with E-state index in [1.54, 1.807) is 13.8 Å². The Morgan fingerprint density at radius 1 is 0.912 bits per heavy atom. The maximum absolute atomic E-state index is 12.8. The molecule has 0 saturated heterocycles. The van der Waals surface area contributed by atoms with Crippen LogP contribution >= 0.6 is 0 Å². The van der Waals surface area contributed by atoms with Crippen molar-refractivity contribution in [3.8, 4) is 0 Å². The van der Waals surface area contributed by atoms with Crippen LogP contribution in [0.25, 0.3) is 0 Å². The van der Waals surface area contributed by atoms with E-state index in [0.717, 1.165) is 18.8 Å². The fourth-order valence-electron chi connectivity index (χ4n) is 11.3. The molecule has 0 heterocycles. The highest BCUT2D eigenvalue weighted by atomic mass is 16.4. The monoisotopic (exact) mass is 474 g/mol. The minimum atomic E-state index is -1.29. The van der Waals surface area contributed by atoms with Crippen molar-refractivity contribution in [2.24, 2.45) is 50.7 Å². The minimum absolute atomic E-state index is 0.154. The molecule has 5 saturated carbocycles. The SMILES string of the molecule is C[C@H](C[C@@H](O)[C@H](O)C(C)(C)O)[C@H]1CC[C@@]2(C)[C@@H]3CC[C@H]4C(C)(C)C(=O)CC[C@@]45C[C@@]35CC[C@]12C. The summed E-state index contributed by atoms with van der Waals surface area (Å²) in [4.78, 5) is 12.8. The number of fused-ring (bicyclic) bond motifs is 2. The molecule has 0 unspecified atom stereocenters. The highest BCUT2D eigenvalue weighted by Gasteiger charge is 2.82. The van der Waals surface area contributed by atoms with Gasteiger partial charge in [0, 0.05) is 11.8 Å². The van der Waals surface area contributed by atoms with E-state index in [1.165, 1.54) is 44.9 Å². The van der Waals surface area contributed by atoms with Gasteiger partial charge >= 0.3 is 0 Å². The van der Waals surface area contributed by atoms with Gasteiger partial charge in [-0.2, -0.15) is 0 Å². The zero-order valence-electron chi connectivity index (χ0n) is 22.8. The summed E-state index contributed by atoms with van der Waals surface area (Å²) in [6.45, 7) is 15.0. The first-order valence-corrected chi connectivity index (χ1v) is 14.2. The summed E-state index contributed by atoms with van der Waals surface area (Å²) in [5.41, 5.74) is -0.0230. The third-order valence-electron chi connectivity index (χ3n) is 13.3. The van der Waals surface area contributed by atoms with E-state index in [4.69, 9.17) is 0 Å². The van der Waals surface area contributed by atoms with Crippen molar-refractivity contribution in [1.82, 2.24) is 0 Å². The molecule has 194 valence electrons. The van der Waals surface area contributed by atoms with Gasteiger partial charge in [0.2, 0.25) is 0 Å². The predicted octanol–water partition coefficient (Wildman–Crippen LogP) is 5.51. The number of hydrogen-bond donors (Lipinski definition) is 3. The summed E-state index contributed by atoms with van der Waals surface area (Å²) in [5.74, 6) is 2.67. The van der Waals surface area contributed by atoms with Crippen molar-refractivity contribution in [1.29, 1.82) is 0 Å². The van der Waals surface area contributed by atoms with Crippen LogP contribution in [0.15, 0.2) is 0 Å². The van der Waals surface area contributed by atoms with Gasteiger partial charge in [0.1, 0.15) is 11.9 Å². The Hall–Kier alpha value is -0.450. The molecule has 5 aliphatic rings. The van der Waals surface area contributed by atoms with Crippen LogP contribution in [0.2, 0.25) is 0 Å². The van der Waals surface area contributed by atoms with Crippen LogP contribution in [0.4, 0.5) is 0 Å². The highest BCUT2D eigenvalue weighted by Crippen LogP contribution is 2.88. The highest BCUT2D eigenvalue weighted by molar-refractivity contribution is 5.86.